The van der Waals surface area contributed by atoms with Crippen LogP contribution in [-0.2, 0) is 14.3 Å². The Morgan fingerprint density at radius 2 is 1.79 bits per heavy atom. The molecule has 4 saturated carbocycles. The highest BCUT2D eigenvalue weighted by Gasteiger charge is 2.57. The van der Waals surface area contributed by atoms with Crippen LogP contribution in [-0.4, -0.2) is 17.9 Å². The van der Waals surface area contributed by atoms with E-state index in [0.717, 1.165) is 50.4 Å². The van der Waals surface area contributed by atoms with Gasteiger partial charge in [-0.05, 0) is 87.5 Å². The molecule has 154 valence electrons. The predicted octanol–water partition coefficient (Wildman–Crippen LogP) is 5.62. The van der Waals surface area contributed by atoms with Crippen molar-refractivity contribution in [3.63, 3.8) is 0 Å². The summed E-state index contributed by atoms with van der Waals surface area (Å²) in [5.74, 6) is 3.51. The van der Waals surface area contributed by atoms with Crippen LogP contribution >= 0.6 is 0 Å². The second kappa shape index (κ2) is 7.29. The molecule has 3 heteroatoms. The summed E-state index contributed by atoms with van der Waals surface area (Å²) in [5.41, 5.74) is 1.64. The molecule has 5 aliphatic carbocycles. The third-order valence-electron chi connectivity index (χ3n) is 9.41. The van der Waals surface area contributed by atoms with Crippen LogP contribution in [0.3, 0.4) is 0 Å². The minimum Gasteiger partial charge on any atom is -0.462 e. The third kappa shape index (κ3) is 3.08. The Morgan fingerprint density at radius 1 is 0.964 bits per heavy atom. The first-order valence-electron chi connectivity index (χ1n) is 12.0. The molecule has 0 bridgehead atoms. The van der Waals surface area contributed by atoms with E-state index in [0.29, 0.717) is 17.6 Å². The number of allylic oxidation sites excluding steroid dienone is 1. The van der Waals surface area contributed by atoms with Crippen LogP contribution in [0, 0.1) is 35.0 Å². The Bertz CT molecular complexity index is 673. The molecule has 5 aliphatic rings. The van der Waals surface area contributed by atoms with E-state index in [1.54, 1.807) is 0 Å². The monoisotopic (exact) mass is 384 g/mol. The van der Waals surface area contributed by atoms with Crippen molar-refractivity contribution in [3.8, 4) is 0 Å². The minimum atomic E-state index is 0.105. The molecule has 6 unspecified atom stereocenters. The van der Waals surface area contributed by atoms with E-state index < -0.39 is 0 Å². The first-order valence-corrected chi connectivity index (χ1v) is 12.0. The molecule has 0 aliphatic heterocycles. The van der Waals surface area contributed by atoms with Crippen molar-refractivity contribution in [1.82, 2.24) is 0 Å². The molecule has 28 heavy (non-hydrogen) atoms. The van der Waals surface area contributed by atoms with Crippen molar-refractivity contribution in [2.75, 3.05) is 0 Å². The molecule has 0 spiro atoms. The Labute approximate surface area is 169 Å². The Hall–Kier alpha value is -1.12. The van der Waals surface area contributed by atoms with Crippen molar-refractivity contribution in [3.05, 3.63) is 11.6 Å². The number of esters is 1. The van der Waals surface area contributed by atoms with Crippen LogP contribution in [0.5, 0.6) is 0 Å². The normalized spacial score (nSPS) is 43.5. The molecule has 0 aromatic heterocycles. The zero-order chi connectivity index (χ0) is 19.3. The molecule has 3 nitrogen and oxygen atoms in total. The lowest BCUT2D eigenvalue weighted by Gasteiger charge is -2.53. The van der Waals surface area contributed by atoms with Crippen molar-refractivity contribution in [2.24, 2.45) is 35.0 Å². The zero-order valence-corrected chi connectivity index (χ0v) is 17.5. The molecule has 6 atom stereocenters. The molecule has 0 radical (unpaired) electrons. The van der Waals surface area contributed by atoms with Crippen molar-refractivity contribution in [1.29, 1.82) is 0 Å². The maximum atomic E-state index is 12.8. The van der Waals surface area contributed by atoms with Crippen LogP contribution in [0.4, 0.5) is 0 Å². The number of ketones is 1. The highest BCUT2D eigenvalue weighted by atomic mass is 16.5. The molecule has 0 heterocycles. The molecule has 0 aromatic carbocycles. The van der Waals surface area contributed by atoms with Crippen LogP contribution in [0.25, 0.3) is 0 Å². The van der Waals surface area contributed by atoms with Gasteiger partial charge in [0, 0.05) is 11.8 Å². The van der Waals surface area contributed by atoms with Crippen LogP contribution in [0.15, 0.2) is 11.6 Å². The lowest BCUT2D eigenvalue weighted by Crippen LogP contribution is -2.48. The van der Waals surface area contributed by atoms with Crippen molar-refractivity contribution < 1.29 is 14.3 Å². The standard InChI is InChI=1S/C25H36O3/c1-25-14-13-20-19-10-8-18(26)15-17(19)7-9-21(20)22(25)11-12-23(25)28-24(27)16-5-3-2-4-6-16/h15-16,19-23H,2-14H2,1H3. The first-order chi connectivity index (χ1) is 13.6. The summed E-state index contributed by atoms with van der Waals surface area (Å²) >= 11 is 0. The van der Waals surface area contributed by atoms with E-state index in [1.165, 1.54) is 50.5 Å². The summed E-state index contributed by atoms with van der Waals surface area (Å²) in [6.45, 7) is 2.43. The van der Waals surface area contributed by atoms with Gasteiger partial charge in [0.2, 0.25) is 0 Å². The minimum absolute atomic E-state index is 0.105. The van der Waals surface area contributed by atoms with Gasteiger partial charge in [0.05, 0.1) is 5.92 Å². The van der Waals surface area contributed by atoms with Gasteiger partial charge in [0.1, 0.15) is 6.10 Å². The van der Waals surface area contributed by atoms with Gasteiger partial charge in [0.15, 0.2) is 5.78 Å². The number of hydrogen-bond donors (Lipinski definition) is 0. The Kier molecular flexibility index (Phi) is 4.92. The maximum absolute atomic E-state index is 12.8. The second-order valence-corrected chi connectivity index (χ2v) is 10.7. The summed E-state index contributed by atoms with van der Waals surface area (Å²) in [6.07, 6.45) is 16.8. The molecule has 0 saturated heterocycles. The predicted molar refractivity (Wildman–Crippen MR) is 109 cm³/mol. The summed E-state index contributed by atoms with van der Waals surface area (Å²) < 4.78 is 6.23. The van der Waals surface area contributed by atoms with Gasteiger partial charge in [0.25, 0.3) is 0 Å². The number of carbonyl (C=O) groups excluding carboxylic acids is 2. The fourth-order valence-electron chi connectivity index (χ4n) is 7.90. The van der Waals surface area contributed by atoms with Gasteiger partial charge in [-0.1, -0.05) is 31.8 Å². The lowest BCUT2D eigenvalue weighted by molar-refractivity contribution is -0.164. The summed E-state index contributed by atoms with van der Waals surface area (Å²) in [7, 11) is 0. The van der Waals surface area contributed by atoms with E-state index in [2.05, 4.69) is 6.92 Å². The zero-order valence-electron chi connectivity index (χ0n) is 17.5. The highest BCUT2D eigenvalue weighted by molar-refractivity contribution is 5.91. The smallest absolute Gasteiger partial charge is 0.309 e. The van der Waals surface area contributed by atoms with Gasteiger partial charge in [-0.2, -0.15) is 0 Å². The van der Waals surface area contributed by atoms with Crippen LogP contribution in [0.1, 0.15) is 90.4 Å². The van der Waals surface area contributed by atoms with Crippen molar-refractivity contribution in [2.45, 2.75) is 96.5 Å². The third-order valence-corrected chi connectivity index (χ3v) is 9.41. The second-order valence-electron chi connectivity index (χ2n) is 10.7. The highest BCUT2D eigenvalue weighted by Crippen LogP contribution is 2.62. The number of ether oxygens (including phenoxy) is 1. The molecule has 0 aromatic rings. The number of carbonyl (C=O) groups is 2. The topological polar surface area (TPSA) is 43.4 Å². The van der Waals surface area contributed by atoms with Crippen LogP contribution < -0.4 is 0 Å². The van der Waals surface area contributed by atoms with E-state index in [4.69, 9.17) is 4.74 Å². The first kappa shape index (κ1) is 18.9. The van der Waals surface area contributed by atoms with E-state index in [9.17, 15) is 9.59 Å². The summed E-state index contributed by atoms with van der Waals surface area (Å²) in [5, 5.41) is 0. The Balaban J connectivity index is 1.29. The molecule has 4 fully saturated rings. The SMILES string of the molecule is CC12CCC3C4CCC(=O)C=C4CCC3C1CCC2OC(=O)C1CCCCC1. The van der Waals surface area contributed by atoms with Gasteiger partial charge >= 0.3 is 5.97 Å². The molecular weight excluding hydrogens is 348 g/mol. The lowest BCUT2D eigenvalue weighted by atomic mass is 9.52. The number of rotatable bonds is 2. The largest absolute Gasteiger partial charge is 0.462 e. The molecular formula is C25H36O3. The average molecular weight is 385 g/mol. The number of fused-ring (bicyclic) bond motifs is 5. The fourth-order valence-corrected chi connectivity index (χ4v) is 7.90. The summed E-state index contributed by atoms with van der Waals surface area (Å²) in [4.78, 5) is 24.7. The van der Waals surface area contributed by atoms with Gasteiger partial charge in [-0.25, -0.2) is 0 Å². The van der Waals surface area contributed by atoms with Gasteiger partial charge < -0.3 is 4.74 Å². The van der Waals surface area contributed by atoms with Gasteiger partial charge in [-0.15, -0.1) is 0 Å². The maximum Gasteiger partial charge on any atom is 0.309 e. The van der Waals surface area contributed by atoms with Gasteiger partial charge in [-0.3, -0.25) is 9.59 Å². The number of hydrogen-bond acceptors (Lipinski definition) is 3. The summed E-state index contributed by atoms with van der Waals surface area (Å²) in [6, 6.07) is 0. The fraction of sp³-hybridized carbons (Fsp3) is 0.840. The van der Waals surface area contributed by atoms with Crippen LogP contribution in [0.2, 0.25) is 0 Å². The molecule has 5 rings (SSSR count). The van der Waals surface area contributed by atoms with E-state index >= 15 is 0 Å². The quantitative estimate of drug-likeness (QED) is 0.580. The Morgan fingerprint density at radius 3 is 2.61 bits per heavy atom. The van der Waals surface area contributed by atoms with E-state index in [-0.39, 0.29) is 23.4 Å². The molecule has 0 N–H and O–H groups in total. The average Bonchev–Trinajstić information content (AvgIpc) is 3.04. The molecule has 0 amide bonds. The van der Waals surface area contributed by atoms with Crippen molar-refractivity contribution >= 4 is 11.8 Å². The van der Waals surface area contributed by atoms with E-state index in [1.807, 2.05) is 6.08 Å².